The number of anilines is 1. The van der Waals surface area contributed by atoms with Gasteiger partial charge in [-0.05, 0) is 42.8 Å². The van der Waals surface area contributed by atoms with Crippen molar-refractivity contribution >= 4 is 16.7 Å². The van der Waals surface area contributed by atoms with Gasteiger partial charge in [-0.15, -0.1) is 0 Å². The van der Waals surface area contributed by atoms with Crippen molar-refractivity contribution in [3.05, 3.63) is 60.4 Å². The number of aromatic nitrogens is 4. The van der Waals surface area contributed by atoms with E-state index in [1.165, 1.54) is 6.07 Å². The van der Waals surface area contributed by atoms with E-state index < -0.39 is 11.6 Å². The molecule has 0 bridgehead atoms. The fraction of sp³-hybridized carbons (Fsp3) is 0.190. The van der Waals surface area contributed by atoms with E-state index in [1.807, 2.05) is 24.4 Å². The zero-order valence-electron chi connectivity index (χ0n) is 15.4. The van der Waals surface area contributed by atoms with Crippen LogP contribution in [-0.2, 0) is 0 Å². The summed E-state index contributed by atoms with van der Waals surface area (Å²) in [6.07, 6.45) is 4.49. The van der Waals surface area contributed by atoms with Gasteiger partial charge in [-0.3, -0.25) is 10.1 Å². The average Bonchev–Trinajstić information content (AvgIpc) is 3.38. The molecule has 0 aliphatic carbocycles. The second-order valence-electron chi connectivity index (χ2n) is 7.20. The zero-order valence-corrected chi connectivity index (χ0v) is 15.4. The molecule has 1 aromatic carbocycles. The molecule has 0 saturated carbocycles. The molecule has 8 heteroatoms. The molecule has 0 radical (unpaired) electrons. The number of aromatic amines is 1. The average molecular weight is 392 g/mol. The first kappa shape index (κ1) is 17.7. The summed E-state index contributed by atoms with van der Waals surface area (Å²) in [4.78, 5) is 11.5. The predicted molar refractivity (Wildman–Crippen MR) is 107 cm³/mol. The van der Waals surface area contributed by atoms with E-state index in [-0.39, 0.29) is 6.04 Å². The Bertz CT molecular complexity index is 1200. The molecule has 1 aliphatic heterocycles. The van der Waals surface area contributed by atoms with Crippen LogP contribution in [0.5, 0.6) is 0 Å². The number of fused-ring (bicyclic) bond motifs is 1. The molecule has 29 heavy (non-hydrogen) atoms. The van der Waals surface area contributed by atoms with Gasteiger partial charge in [-0.2, -0.15) is 5.10 Å². The topological polar surface area (TPSA) is 83.7 Å². The summed E-state index contributed by atoms with van der Waals surface area (Å²) in [5.74, 6) is -1.81. The maximum Gasteiger partial charge on any atom is 0.159 e. The molecule has 1 fully saturated rings. The van der Waals surface area contributed by atoms with Crippen LogP contribution in [0.2, 0.25) is 0 Å². The minimum atomic E-state index is -0.916. The van der Waals surface area contributed by atoms with Gasteiger partial charge in [0.15, 0.2) is 11.6 Å². The van der Waals surface area contributed by atoms with Crippen molar-refractivity contribution in [2.24, 2.45) is 5.73 Å². The summed E-state index contributed by atoms with van der Waals surface area (Å²) in [6.45, 7) is 1.70. The Morgan fingerprint density at radius 2 is 1.97 bits per heavy atom. The lowest BCUT2D eigenvalue weighted by molar-refractivity contribution is 0.509. The molecule has 5 rings (SSSR count). The Hall–Kier alpha value is -3.39. The Kier molecular flexibility index (Phi) is 4.21. The van der Waals surface area contributed by atoms with Crippen LogP contribution in [-0.4, -0.2) is 39.3 Å². The van der Waals surface area contributed by atoms with Crippen LogP contribution in [0.1, 0.15) is 6.42 Å². The van der Waals surface area contributed by atoms with Crippen LogP contribution in [0.3, 0.4) is 0 Å². The third kappa shape index (κ3) is 3.21. The van der Waals surface area contributed by atoms with Crippen LogP contribution in [0.15, 0.2) is 48.8 Å². The summed E-state index contributed by atoms with van der Waals surface area (Å²) in [6, 6.07) is 9.62. The highest BCUT2D eigenvalue weighted by atomic mass is 19.2. The van der Waals surface area contributed by atoms with Gasteiger partial charge >= 0.3 is 0 Å². The summed E-state index contributed by atoms with van der Waals surface area (Å²) in [5.41, 5.74) is 10.9. The highest BCUT2D eigenvalue weighted by Crippen LogP contribution is 2.31. The smallest absolute Gasteiger partial charge is 0.159 e. The van der Waals surface area contributed by atoms with Gasteiger partial charge in [0.25, 0.3) is 0 Å². The molecule has 1 saturated heterocycles. The normalized spacial score (nSPS) is 16.7. The van der Waals surface area contributed by atoms with Crippen molar-refractivity contribution in [3.63, 3.8) is 0 Å². The molecule has 1 atom stereocenters. The molecule has 4 aromatic rings. The standard InChI is InChI=1S/C21H18F2N6/c22-16-2-1-12(7-17(16)23)21-15(10-26-28-21)18-3-4-19-20(27-18)8-14(9-25-19)29-6-5-13(24)11-29/h1-4,7-10,13H,5-6,11,24H2,(H,26,28). The number of hydrogen-bond donors (Lipinski definition) is 2. The fourth-order valence-electron chi connectivity index (χ4n) is 3.69. The number of benzene rings is 1. The number of H-pyrrole nitrogens is 1. The van der Waals surface area contributed by atoms with Crippen molar-refractivity contribution in [3.8, 4) is 22.5 Å². The van der Waals surface area contributed by atoms with Crippen molar-refractivity contribution in [1.82, 2.24) is 20.2 Å². The van der Waals surface area contributed by atoms with Crippen molar-refractivity contribution < 1.29 is 8.78 Å². The molecular weight excluding hydrogens is 374 g/mol. The van der Waals surface area contributed by atoms with E-state index in [1.54, 1.807) is 6.20 Å². The van der Waals surface area contributed by atoms with Gasteiger partial charge in [-0.1, -0.05) is 0 Å². The lowest BCUT2D eigenvalue weighted by Crippen LogP contribution is -2.26. The number of nitrogens with one attached hydrogen (secondary N) is 1. The molecule has 1 aliphatic rings. The summed E-state index contributed by atoms with van der Waals surface area (Å²) >= 11 is 0. The fourth-order valence-corrected chi connectivity index (χ4v) is 3.69. The molecule has 1 unspecified atom stereocenters. The number of nitrogens with zero attached hydrogens (tertiary/aromatic N) is 4. The van der Waals surface area contributed by atoms with Crippen molar-refractivity contribution in [1.29, 1.82) is 0 Å². The van der Waals surface area contributed by atoms with Crippen LogP contribution < -0.4 is 10.6 Å². The number of rotatable bonds is 3. The zero-order chi connectivity index (χ0) is 20.0. The monoisotopic (exact) mass is 392 g/mol. The molecule has 0 spiro atoms. The van der Waals surface area contributed by atoms with Crippen LogP contribution >= 0.6 is 0 Å². The molecular formula is C21H18F2N6. The molecule has 6 nitrogen and oxygen atoms in total. The third-order valence-corrected chi connectivity index (χ3v) is 5.22. The van der Waals surface area contributed by atoms with Gasteiger partial charge in [0.05, 0.1) is 28.6 Å². The maximum atomic E-state index is 13.7. The maximum absolute atomic E-state index is 13.7. The molecule has 4 heterocycles. The van der Waals surface area contributed by atoms with Gasteiger partial charge in [0, 0.05) is 36.5 Å². The second kappa shape index (κ2) is 6.89. The van der Waals surface area contributed by atoms with E-state index in [0.717, 1.165) is 48.4 Å². The Balaban J connectivity index is 1.55. The van der Waals surface area contributed by atoms with E-state index in [2.05, 4.69) is 20.1 Å². The second-order valence-corrected chi connectivity index (χ2v) is 7.20. The predicted octanol–water partition coefficient (Wildman–Crippen LogP) is 3.50. The largest absolute Gasteiger partial charge is 0.369 e. The third-order valence-electron chi connectivity index (χ3n) is 5.22. The summed E-state index contributed by atoms with van der Waals surface area (Å²) in [5, 5.41) is 7.01. The van der Waals surface area contributed by atoms with Crippen LogP contribution in [0, 0.1) is 11.6 Å². The van der Waals surface area contributed by atoms with Gasteiger partial charge < -0.3 is 10.6 Å². The number of halogens is 2. The van der Waals surface area contributed by atoms with E-state index in [0.29, 0.717) is 22.5 Å². The van der Waals surface area contributed by atoms with Crippen LogP contribution in [0.4, 0.5) is 14.5 Å². The Morgan fingerprint density at radius 1 is 1.07 bits per heavy atom. The number of hydrogen-bond acceptors (Lipinski definition) is 5. The molecule has 3 N–H and O–H groups in total. The lowest BCUT2D eigenvalue weighted by Gasteiger charge is -2.17. The van der Waals surface area contributed by atoms with Gasteiger partial charge in [0.1, 0.15) is 5.69 Å². The van der Waals surface area contributed by atoms with Crippen molar-refractivity contribution in [2.75, 3.05) is 18.0 Å². The lowest BCUT2D eigenvalue weighted by atomic mass is 10.0. The van der Waals surface area contributed by atoms with Crippen LogP contribution in [0.25, 0.3) is 33.5 Å². The first-order valence-corrected chi connectivity index (χ1v) is 9.35. The van der Waals surface area contributed by atoms with Gasteiger partial charge in [-0.25, -0.2) is 13.8 Å². The molecule has 3 aromatic heterocycles. The summed E-state index contributed by atoms with van der Waals surface area (Å²) in [7, 11) is 0. The first-order chi connectivity index (χ1) is 14.1. The minimum Gasteiger partial charge on any atom is -0.369 e. The number of nitrogens with two attached hydrogens (primary N) is 1. The highest BCUT2D eigenvalue weighted by molar-refractivity contribution is 5.84. The quantitative estimate of drug-likeness (QED) is 0.558. The molecule has 146 valence electrons. The van der Waals surface area contributed by atoms with E-state index >= 15 is 0 Å². The van der Waals surface area contributed by atoms with Crippen molar-refractivity contribution in [2.45, 2.75) is 12.5 Å². The van der Waals surface area contributed by atoms with E-state index in [4.69, 9.17) is 10.7 Å². The SMILES string of the molecule is NC1CCN(c2cnc3ccc(-c4c[nH]nc4-c4ccc(F)c(F)c4)nc3c2)C1. The highest BCUT2D eigenvalue weighted by Gasteiger charge is 2.20. The minimum absolute atomic E-state index is 0.176. The van der Waals surface area contributed by atoms with E-state index in [9.17, 15) is 8.78 Å². The number of pyridine rings is 2. The Labute approximate surface area is 165 Å². The first-order valence-electron chi connectivity index (χ1n) is 9.35. The van der Waals surface area contributed by atoms with Gasteiger partial charge in [0.2, 0.25) is 0 Å². The Morgan fingerprint density at radius 3 is 2.76 bits per heavy atom. The summed E-state index contributed by atoms with van der Waals surface area (Å²) < 4.78 is 27.0. The molecule has 0 amide bonds.